The molecule has 0 atom stereocenters. The third-order valence-electron chi connectivity index (χ3n) is 0. The molecular formula is F8Mn4. The van der Waals surface area contributed by atoms with Crippen molar-refractivity contribution in [3.8, 4) is 0 Å². The minimum atomic E-state index is 0. The van der Waals surface area contributed by atoms with Gasteiger partial charge in [0.1, 0.15) is 0 Å². The number of halogens is 8. The fourth-order valence-corrected chi connectivity index (χ4v) is 0. The van der Waals surface area contributed by atoms with E-state index < -0.39 is 0 Å². The Morgan fingerprint density at radius 3 is 0.167 bits per heavy atom. The second-order valence-corrected chi connectivity index (χ2v) is 0. The predicted molar refractivity (Wildman–Crippen MR) is 0 cm³/mol. The van der Waals surface area contributed by atoms with Gasteiger partial charge < -0.3 is 37.6 Å². The van der Waals surface area contributed by atoms with Crippen molar-refractivity contribution >= 4 is 0 Å². The van der Waals surface area contributed by atoms with E-state index in [1.165, 1.54) is 0 Å². The van der Waals surface area contributed by atoms with Gasteiger partial charge in [0.25, 0.3) is 0 Å². The molecule has 0 aromatic carbocycles. The molecule has 0 aliphatic carbocycles. The van der Waals surface area contributed by atoms with Gasteiger partial charge in [-0.3, -0.25) is 0 Å². The summed E-state index contributed by atoms with van der Waals surface area (Å²) in [5.74, 6) is 0. The first kappa shape index (κ1) is 919. The van der Waals surface area contributed by atoms with Crippen LogP contribution >= 0.6 is 0 Å². The molecule has 0 rings (SSSR count). The fourth-order valence-electron chi connectivity index (χ4n) is 0. The summed E-state index contributed by atoms with van der Waals surface area (Å²) in [4.78, 5) is 0. The molecule has 84 valence electrons. The Labute approximate surface area is 106 Å². The maximum absolute atomic E-state index is 0. The van der Waals surface area contributed by atoms with Crippen molar-refractivity contribution in [1.29, 1.82) is 0 Å². The molecule has 0 aliphatic rings. The summed E-state index contributed by atoms with van der Waals surface area (Å²) < 4.78 is 0. The quantitative estimate of drug-likeness (QED) is 0.293. The molecule has 12 heteroatoms. The summed E-state index contributed by atoms with van der Waals surface area (Å²) in [5, 5.41) is 0. The summed E-state index contributed by atoms with van der Waals surface area (Å²) in [6, 6.07) is 0. The van der Waals surface area contributed by atoms with Crippen LogP contribution in [-0.2, 0) is 68.3 Å². The van der Waals surface area contributed by atoms with Gasteiger partial charge >= 0.3 is 68.3 Å². The molecule has 12 heavy (non-hydrogen) atoms. The molecule has 0 aliphatic heterocycles. The molecule has 0 saturated heterocycles. The monoisotopic (exact) mass is 372 g/mol. The van der Waals surface area contributed by atoms with Crippen molar-refractivity contribution in [3.63, 3.8) is 0 Å². The van der Waals surface area contributed by atoms with Gasteiger partial charge in [0.15, 0.2) is 0 Å². The molecule has 0 aromatic rings. The third-order valence-corrected chi connectivity index (χ3v) is 0. The molecule has 0 spiro atoms. The van der Waals surface area contributed by atoms with Crippen LogP contribution in [0.1, 0.15) is 0 Å². The van der Waals surface area contributed by atoms with Crippen molar-refractivity contribution in [2.24, 2.45) is 0 Å². The normalized spacial score (nSPS) is 0. The minimum Gasteiger partial charge on any atom is -1.00 e. The fraction of sp³-hybridized carbons (Fsp3) is 0. The van der Waals surface area contributed by atoms with Crippen molar-refractivity contribution < 1.29 is 106 Å². The van der Waals surface area contributed by atoms with Gasteiger partial charge in [-0.05, 0) is 0 Å². The van der Waals surface area contributed by atoms with Crippen molar-refractivity contribution in [3.05, 3.63) is 0 Å². The van der Waals surface area contributed by atoms with Crippen LogP contribution in [0.25, 0.3) is 0 Å². The Morgan fingerprint density at radius 1 is 0.167 bits per heavy atom. The second kappa shape index (κ2) is 721. The number of hydrogen-bond acceptors (Lipinski definition) is 0. The van der Waals surface area contributed by atoms with E-state index in [2.05, 4.69) is 0 Å². The second-order valence-electron chi connectivity index (χ2n) is 0. The smallest absolute Gasteiger partial charge is 1.00 e. The van der Waals surface area contributed by atoms with E-state index in [4.69, 9.17) is 0 Å². The molecule has 4 radical (unpaired) electrons. The Kier molecular flexibility index (Phi) is 55200. The topological polar surface area (TPSA) is 0 Å². The number of hydrogen-bond donors (Lipinski definition) is 0. The average molecular weight is 372 g/mol. The van der Waals surface area contributed by atoms with Crippen LogP contribution in [0.2, 0.25) is 0 Å². The van der Waals surface area contributed by atoms with E-state index in [1.807, 2.05) is 0 Å². The SMILES string of the molecule is [F-].[F-].[F-].[F-].[F-].[F-].[F-].[F-].[Mn+2].[Mn+2].[Mn+2].[Mn+2]. The van der Waals surface area contributed by atoms with Gasteiger partial charge in [0, 0.05) is 0 Å². The van der Waals surface area contributed by atoms with Crippen LogP contribution in [0, 0.1) is 0 Å². The third kappa shape index (κ3) is 553. The molecule has 0 saturated carbocycles. The van der Waals surface area contributed by atoms with Crippen molar-refractivity contribution in [1.82, 2.24) is 0 Å². The van der Waals surface area contributed by atoms with Crippen LogP contribution in [0.5, 0.6) is 0 Å². The standard InChI is InChI=1S/8FH.4Mn/h8*1H;;;;/q;;;;;;;;4*+2/p-8. The molecular weight excluding hydrogens is 372 g/mol. The van der Waals surface area contributed by atoms with E-state index in [0.717, 1.165) is 0 Å². The van der Waals surface area contributed by atoms with Crippen LogP contribution in [-0.4, -0.2) is 0 Å². The molecule has 0 unspecified atom stereocenters. The predicted octanol–water partition coefficient (Wildman–Crippen LogP) is -24.0. The van der Waals surface area contributed by atoms with Gasteiger partial charge in [-0.15, -0.1) is 0 Å². The molecule has 0 aromatic heterocycles. The van der Waals surface area contributed by atoms with E-state index >= 15 is 0 Å². The molecule has 0 N–H and O–H groups in total. The molecule has 0 heterocycles. The van der Waals surface area contributed by atoms with Gasteiger partial charge in [-0.2, -0.15) is 0 Å². The largest absolute Gasteiger partial charge is 2.00 e. The van der Waals surface area contributed by atoms with Gasteiger partial charge in [0.05, 0.1) is 0 Å². The Hall–Kier alpha value is 1.52. The zero-order chi connectivity index (χ0) is 0. The van der Waals surface area contributed by atoms with Crippen LogP contribution in [0.15, 0.2) is 0 Å². The summed E-state index contributed by atoms with van der Waals surface area (Å²) in [7, 11) is 0. The van der Waals surface area contributed by atoms with Gasteiger partial charge in [-0.1, -0.05) is 0 Å². The van der Waals surface area contributed by atoms with E-state index in [0.29, 0.717) is 0 Å². The maximum atomic E-state index is 0. The molecule has 0 bridgehead atoms. The maximum Gasteiger partial charge on any atom is 2.00 e. The van der Waals surface area contributed by atoms with Crippen LogP contribution < -0.4 is 37.6 Å². The van der Waals surface area contributed by atoms with Crippen LogP contribution in [0.4, 0.5) is 0 Å². The Bertz CT molecular complexity index is 11.0. The zero-order valence-electron chi connectivity index (χ0n) is 4.54. The van der Waals surface area contributed by atoms with Crippen molar-refractivity contribution in [2.45, 2.75) is 0 Å². The average Bonchev–Trinajstić information content (AvgIpc) is 0. The summed E-state index contributed by atoms with van der Waals surface area (Å²) >= 11 is 0. The first-order valence-electron chi connectivity index (χ1n) is 0. The first-order chi connectivity index (χ1) is 0. The number of rotatable bonds is 0. The van der Waals surface area contributed by atoms with E-state index in [9.17, 15) is 0 Å². The van der Waals surface area contributed by atoms with Crippen LogP contribution in [0.3, 0.4) is 0 Å². The minimum absolute atomic E-state index is 0. The van der Waals surface area contributed by atoms with Gasteiger partial charge in [0.2, 0.25) is 0 Å². The zero-order valence-corrected chi connectivity index (χ0v) is 9.26. The van der Waals surface area contributed by atoms with E-state index in [-0.39, 0.29) is 106 Å². The molecule has 0 fully saturated rings. The van der Waals surface area contributed by atoms with E-state index in [1.54, 1.807) is 0 Å². The molecule has 0 nitrogen and oxygen atoms in total. The summed E-state index contributed by atoms with van der Waals surface area (Å²) in [6.45, 7) is 0. The first-order valence-corrected chi connectivity index (χ1v) is 0. The molecule has 0 amide bonds. The Morgan fingerprint density at radius 2 is 0.167 bits per heavy atom. The summed E-state index contributed by atoms with van der Waals surface area (Å²) in [5.41, 5.74) is 0. The Balaban J connectivity index is 0. The van der Waals surface area contributed by atoms with Crippen molar-refractivity contribution in [2.75, 3.05) is 0 Å². The summed E-state index contributed by atoms with van der Waals surface area (Å²) in [6.07, 6.45) is 0. The van der Waals surface area contributed by atoms with Gasteiger partial charge in [-0.25, -0.2) is 0 Å².